The van der Waals surface area contributed by atoms with Gasteiger partial charge in [-0.15, -0.1) is 0 Å². The van der Waals surface area contributed by atoms with E-state index in [4.69, 9.17) is 15.0 Å². The molecule has 0 saturated heterocycles. The van der Waals surface area contributed by atoms with Crippen molar-refractivity contribution >= 4 is 0 Å². The number of nitrogens with zero attached hydrogens (tertiary/aromatic N) is 2. The molecule has 0 aliphatic carbocycles. The summed E-state index contributed by atoms with van der Waals surface area (Å²) in [5.41, 5.74) is 5.64. The maximum atomic E-state index is 5.64. The molecule has 0 aromatic carbocycles. The van der Waals surface area contributed by atoms with E-state index in [2.05, 4.69) is 10.1 Å². The first-order valence-corrected chi connectivity index (χ1v) is 5.37. The van der Waals surface area contributed by atoms with E-state index in [1.165, 1.54) is 0 Å². The van der Waals surface area contributed by atoms with Gasteiger partial charge in [-0.1, -0.05) is 5.16 Å². The topological polar surface area (TPSA) is 74.2 Å². The molecule has 0 amide bonds. The van der Waals surface area contributed by atoms with Gasteiger partial charge in [0.15, 0.2) is 5.82 Å². The van der Waals surface area contributed by atoms with Gasteiger partial charge in [0, 0.05) is 19.1 Å². The summed E-state index contributed by atoms with van der Waals surface area (Å²) in [6, 6.07) is 0.232. The zero-order valence-electron chi connectivity index (χ0n) is 9.40. The Bertz CT molecular complexity index is 273. The Balaban J connectivity index is 2.26. The second-order valence-electron chi connectivity index (χ2n) is 3.61. The molecule has 1 unspecified atom stereocenters. The smallest absolute Gasteiger partial charge is 0.226 e. The molecule has 0 fully saturated rings. The minimum absolute atomic E-state index is 0.232. The van der Waals surface area contributed by atoms with Crippen LogP contribution < -0.4 is 5.73 Å². The molecule has 5 nitrogen and oxygen atoms in total. The van der Waals surface area contributed by atoms with E-state index in [1.807, 2.05) is 13.8 Å². The number of rotatable bonds is 7. The number of ether oxygens (including phenoxy) is 1. The Labute approximate surface area is 90.0 Å². The predicted octanol–water partition coefficient (Wildman–Crippen LogP) is 1.28. The number of hydrogen-bond acceptors (Lipinski definition) is 5. The Morgan fingerprint density at radius 3 is 3.00 bits per heavy atom. The molecule has 0 radical (unpaired) electrons. The summed E-state index contributed by atoms with van der Waals surface area (Å²) >= 11 is 0. The Hall–Kier alpha value is -0.940. The standard InChI is InChI=1S/C10H19N3O2/c1-3-14-7-9-12-10(15-13-9)6-4-5-8(2)11/h8H,3-7,11H2,1-2H3. The molecule has 1 heterocycles. The average Bonchev–Trinajstić information content (AvgIpc) is 2.62. The van der Waals surface area contributed by atoms with Crippen LogP contribution in [0.2, 0.25) is 0 Å². The summed E-state index contributed by atoms with van der Waals surface area (Å²) in [7, 11) is 0. The highest BCUT2D eigenvalue weighted by Crippen LogP contribution is 2.05. The van der Waals surface area contributed by atoms with Crippen LogP contribution in [0.15, 0.2) is 4.52 Å². The molecule has 1 rings (SSSR count). The van der Waals surface area contributed by atoms with Gasteiger partial charge in [-0.05, 0) is 26.7 Å². The maximum Gasteiger partial charge on any atom is 0.226 e. The van der Waals surface area contributed by atoms with Gasteiger partial charge in [0.1, 0.15) is 6.61 Å². The molecule has 15 heavy (non-hydrogen) atoms. The molecular weight excluding hydrogens is 194 g/mol. The molecule has 5 heteroatoms. The van der Waals surface area contributed by atoms with Gasteiger partial charge in [0.2, 0.25) is 5.89 Å². The fourth-order valence-corrected chi connectivity index (χ4v) is 1.22. The second kappa shape index (κ2) is 6.53. The number of aromatic nitrogens is 2. The molecule has 0 saturated carbocycles. The van der Waals surface area contributed by atoms with Crippen molar-refractivity contribution in [2.45, 2.75) is 45.8 Å². The van der Waals surface area contributed by atoms with Crippen LogP contribution in [0.1, 0.15) is 38.4 Å². The third kappa shape index (κ3) is 4.90. The lowest BCUT2D eigenvalue weighted by Gasteiger charge is -2.00. The Kier molecular flexibility index (Phi) is 5.28. The molecular formula is C10H19N3O2. The minimum atomic E-state index is 0.232. The highest BCUT2D eigenvalue weighted by Gasteiger charge is 2.06. The summed E-state index contributed by atoms with van der Waals surface area (Å²) in [6.45, 7) is 5.01. The van der Waals surface area contributed by atoms with Crippen molar-refractivity contribution in [2.24, 2.45) is 5.73 Å². The van der Waals surface area contributed by atoms with Crippen LogP contribution in [0.25, 0.3) is 0 Å². The zero-order chi connectivity index (χ0) is 11.1. The molecule has 1 aromatic heterocycles. The number of hydrogen-bond donors (Lipinski definition) is 1. The molecule has 0 aliphatic heterocycles. The molecule has 0 spiro atoms. The summed E-state index contributed by atoms with van der Waals surface area (Å²) in [5, 5.41) is 3.81. The van der Waals surface area contributed by atoms with E-state index >= 15 is 0 Å². The zero-order valence-corrected chi connectivity index (χ0v) is 9.40. The minimum Gasteiger partial charge on any atom is -0.374 e. The summed E-state index contributed by atoms with van der Waals surface area (Å²) in [4.78, 5) is 4.20. The highest BCUT2D eigenvalue weighted by atomic mass is 16.5. The first-order valence-electron chi connectivity index (χ1n) is 5.37. The summed E-state index contributed by atoms with van der Waals surface area (Å²) in [6.07, 6.45) is 2.75. The van der Waals surface area contributed by atoms with Gasteiger partial charge in [-0.2, -0.15) is 4.98 Å². The van der Waals surface area contributed by atoms with Gasteiger partial charge < -0.3 is 15.0 Å². The highest BCUT2D eigenvalue weighted by molar-refractivity contribution is 4.84. The largest absolute Gasteiger partial charge is 0.374 e. The lowest BCUT2D eigenvalue weighted by atomic mass is 10.1. The predicted molar refractivity (Wildman–Crippen MR) is 56.2 cm³/mol. The van der Waals surface area contributed by atoms with E-state index in [-0.39, 0.29) is 6.04 Å². The summed E-state index contributed by atoms with van der Waals surface area (Å²) < 4.78 is 10.2. The second-order valence-corrected chi connectivity index (χ2v) is 3.61. The molecule has 0 aliphatic rings. The van der Waals surface area contributed by atoms with Crippen LogP contribution in [0.4, 0.5) is 0 Å². The van der Waals surface area contributed by atoms with E-state index in [1.54, 1.807) is 0 Å². The van der Waals surface area contributed by atoms with E-state index < -0.39 is 0 Å². The van der Waals surface area contributed by atoms with Crippen molar-refractivity contribution in [3.8, 4) is 0 Å². The third-order valence-electron chi connectivity index (χ3n) is 2.00. The molecule has 0 bridgehead atoms. The van der Waals surface area contributed by atoms with Gasteiger partial charge in [-0.25, -0.2) is 0 Å². The van der Waals surface area contributed by atoms with Crippen LogP contribution in [-0.2, 0) is 17.8 Å². The van der Waals surface area contributed by atoms with E-state index in [9.17, 15) is 0 Å². The third-order valence-corrected chi connectivity index (χ3v) is 2.00. The van der Waals surface area contributed by atoms with Crippen molar-refractivity contribution in [3.63, 3.8) is 0 Å². The van der Waals surface area contributed by atoms with E-state index in [0.717, 1.165) is 19.3 Å². The van der Waals surface area contributed by atoms with Crippen LogP contribution in [-0.4, -0.2) is 22.8 Å². The van der Waals surface area contributed by atoms with Crippen LogP contribution in [0, 0.1) is 0 Å². The van der Waals surface area contributed by atoms with Crippen molar-refractivity contribution in [1.82, 2.24) is 10.1 Å². The fraction of sp³-hybridized carbons (Fsp3) is 0.800. The maximum absolute atomic E-state index is 5.64. The van der Waals surface area contributed by atoms with Crippen molar-refractivity contribution < 1.29 is 9.26 Å². The molecule has 2 N–H and O–H groups in total. The lowest BCUT2D eigenvalue weighted by Crippen LogP contribution is -2.14. The monoisotopic (exact) mass is 213 g/mol. The van der Waals surface area contributed by atoms with E-state index in [0.29, 0.717) is 24.9 Å². The van der Waals surface area contributed by atoms with Crippen LogP contribution in [0.5, 0.6) is 0 Å². The Morgan fingerprint density at radius 1 is 1.53 bits per heavy atom. The van der Waals surface area contributed by atoms with Gasteiger partial charge in [-0.3, -0.25) is 0 Å². The lowest BCUT2D eigenvalue weighted by molar-refractivity contribution is 0.126. The summed E-state index contributed by atoms with van der Waals surface area (Å²) in [5.74, 6) is 1.29. The molecule has 1 aromatic rings. The SMILES string of the molecule is CCOCc1noc(CCCC(C)N)n1. The van der Waals surface area contributed by atoms with Gasteiger partial charge in [0.05, 0.1) is 0 Å². The quantitative estimate of drug-likeness (QED) is 0.738. The van der Waals surface area contributed by atoms with Crippen molar-refractivity contribution in [2.75, 3.05) is 6.61 Å². The first kappa shape index (κ1) is 12.1. The van der Waals surface area contributed by atoms with Crippen molar-refractivity contribution in [1.29, 1.82) is 0 Å². The first-order chi connectivity index (χ1) is 7.22. The van der Waals surface area contributed by atoms with Gasteiger partial charge in [0.25, 0.3) is 0 Å². The van der Waals surface area contributed by atoms with Gasteiger partial charge >= 0.3 is 0 Å². The van der Waals surface area contributed by atoms with Crippen LogP contribution in [0.3, 0.4) is 0 Å². The van der Waals surface area contributed by atoms with Crippen molar-refractivity contribution in [3.05, 3.63) is 11.7 Å². The fourth-order valence-electron chi connectivity index (χ4n) is 1.22. The molecule has 1 atom stereocenters. The number of nitrogens with two attached hydrogens (primary N) is 1. The normalized spacial score (nSPS) is 13.0. The van der Waals surface area contributed by atoms with Crippen LogP contribution >= 0.6 is 0 Å². The number of aryl methyl sites for hydroxylation is 1. The molecule has 86 valence electrons. The average molecular weight is 213 g/mol. The Morgan fingerprint density at radius 2 is 2.33 bits per heavy atom.